The number of allylic oxidation sites excluding steroid dienone is 4. The summed E-state index contributed by atoms with van der Waals surface area (Å²) in [6.07, 6.45) is 9.68. The van der Waals surface area contributed by atoms with E-state index in [-0.39, 0.29) is 23.4 Å². The number of hydrogen-bond acceptors (Lipinski definition) is 2. The number of carbonyl (C=O) groups excluding carboxylic acids is 2. The lowest BCUT2D eigenvalue weighted by molar-refractivity contribution is -0.147. The van der Waals surface area contributed by atoms with E-state index in [4.69, 9.17) is 0 Å². The van der Waals surface area contributed by atoms with Crippen molar-refractivity contribution in [3.63, 3.8) is 0 Å². The fraction of sp³-hybridized carbons (Fsp3) is 0.538. The van der Waals surface area contributed by atoms with Gasteiger partial charge in [-0.15, -0.1) is 0 Å². The summed E-state index contributed by atoms with van der Waals surface area (Å²) in [6.45, 7) is 0. The van der Waals surface area contributed by atoms with Gasteiger partial charge in [0.1, 0.15) is 0 Å². The Hall–Kier alpha value is -1.18. The van der Waals surface area contributed by atoms with Gasteiger partial charge in [-0.05, 0) is 30.1 Å². The molecule has 4 bridgehead atoms. The highest BCUT2D eigenvalue weighted by molar-refractivity contribution is 6.41. The molecule has 0 aromatic rings. The van der Waals surface area contributed by atoms with Gasteiger partial charge in [-0.2, -0.15) is 0 Å². The Morgan fingerprint density at radius 2 is 1.27 bits per heavy atom. The third-order valence-electron chi connectivity index (χ3n) is 4.79. The summed E-state index contributed by atoms with van der Waals surface area (Å²) in [7, 11) is 0. The minimum Gasteiger partial charge on any atom is -0.290 e. The van der Waals surface area contributed by atoms with E-state index in [9.17, 15) is 9.59 Å². The first-order valence-electron chi connectivity index (χ1n) is 5.72. The Morgan fingerprint density at radius 3 is 1.73 bits per heavy atom. The lowest BCUT2D eigenvalue weighted by atomic mass is 9.58. The largest absolute Gasteiger partial charge is 0.290 e. The second-order valence-electron chi connectivity index (χ2n) is 5.27. The fourth-order valence-corrected chi connectivity index (χ4v) is 4.26. The fourth-order valence-electron chi connectivity index (χ4n) is 4.26. The van der Waals surface area contributed by atoms with Gasteiger partial charge in [0.2, 0.25) is 11.6 Å². The first kappa shape index (κ1) is 8.03. The SMILES string of the molecule is O=C1C(=O)[C@@H]2C=C[C@H]1[C@@H]1[C@H]2[C@@H]2C=C[C@H]1C2. The average molecular weight is 200 g/mol. The van der Waals surface area contributed by atoms with Gasteiger partial charge >= 0.3 is 0 Å². The van der Waals surface area contributed by atoms with Crippen molar-refractivity contribution in [2.45, 2.75) is 6.42 Å². The van der Waals surface area contributed by atoms with Crippen LogP contribution in [0, 0.1) is 35.5 Å². The highest BCUT2D eigenvalue weighted by atomic mass is 16.2. The van der Waals surface area contributed by atoms with E-state index < -0.39 is 0 Å². The Balaban J connectivity index is 1.89. The molecule has 2 heteroatoms. The van der Waals surface area contributed by atoms with Gasteiger partial charge in [-0.1, -0.05) is 24.3 Å². The third-order valence-corrected chi connectivity index (χ3v) is 4.79. The molecule has 0 saturated heterocycles. The van der Waals surface area contributed by atoms with Crippen LogP contribution in [0.5, 0.6) is 0 Å². The minimum absolute atomic E-state index is 0.0903. The first-order valence-corrected chi connectivity index (χ1v) is 5.72. The summed E-state index contributed by atoms with van der Waals surface area (Å²) < 4.78 is 0. The van der Waals surface area contributed by atoms with Gasteiger partial charge in [-0.3, -0.25) is 9.59 Å². The summed E-state index contributed by atoms with van der Waals surface area (Å²) in [5.74, 6) is 1.60. The zero-order chi connectivity index (χ0) is 10.2. The maximum Gasteiger partial charge on any atom is 0.206 e. The number of fused-ring (bicyclic) bond motifs is 3. The second-order valence-corrected chi connectivity index (χ2v) is 5.27. The molecule has 0 heterocycles. The van der Waals surface area contributed by atoms with Gasteiger partial charge in [0.25, 0.3) is 0 Å². The lowest BCUT2D eigenvalue weighted by Crippen LogP contribution is -2.50. The van der Waals surface area contributed by atoms with Crippen molar-refractivity contribution in [2.24, 2.45) is 35.5 Å². The molecule has 5 aliphatic rings. The van der Waals surface area contributed by atoms with Crippen molar-refractivity contribution in [2.75, 3.05) is 0 Å². The van der Waals surface area contributed by atoms with Crippen molar-refractivity contribution in [3.05, 3.63) is 24.3 Å². The van der Waals surface area contributed by atoms with E-state index in [0.717, 1.165) is 0 Å². The molecular weight excluding hydrogens is 188 g/mol. The maximum atomic E-state index is 11.8. The summed E-state index contributed by atoms with van der Waals surface area (Å²) >= 11 is 0. The summed E-state index contributed by atoms with van der Waals surface area (Å²) in [5, 5.41) is 0. The molecule has 2 fully saturated rings. The molecule has 76 valence electrons. The Morgan fingerprint density at radius 1 is 0.800 bits per heavy atom. The zero-order valence-electron chi connectivity index (χ0n) is 8.30. The Labute approximate surface area is 88.0 Å². The Bertz CT molecular complexity index is 394. The molecule has 0 spiro atoms. The van der Waals surface area contributed by atoms with E-state index in [1.54, 1.807) is 0 Å². The van der Waals surface area contributed by atoms with Crippen molar-refractivity contribution in [1.82, 2.24) is 0 Å². The molecular formula is C13H12O2. The van der Waals surface area contributed by atoms with Crippen LogP contribution in [-0.4, -0.2) is 11.6 Å². The molecule has 5 rings (SSSR count). The second kappa shape index (κ2) is 2.31. The van der Waals surface area contributed by atoms with E-state index >= 15 is 0 Å². The van der Waals surface area contributed by atoms with Crippen molar-refractivity contribution < 1.29 is 9.59 Å². The molecule has 2 nitrogen and oxygen atoms in total. The van der Waals surface area contributed by atoms with Crippen LogP contribution in [-0.2, 0) is 9.59 Å². The maximum absolute atomic E-state index is 11.8. The number of ketones is 2. The molecule has 0 unspecified atom stereocenters. The molecule has 6 atom stereocenters. The van der Waals surface area contributed by atoms with Crippen molar-refractivity contribution in [1.29, 1.82) is 0 Å². The molecule has 0 aliphatic heterocycles. The molecule has 0 amide bonds. The van der Waals surface area contributed by atoms with Crippen LogP contribution in [0.1, 0.15) is 6.42 Å². The zero-order valence-corrected chi connectivity index (χ0v) is 8.30. The number of hydrogen-bond donors (Lipinski definition) is 0. The lowest BCUT2D eigenvalue weighted by Gasteiger charge is -2.43. The number of rotatable bonds is 0. The predicted molar refractivity (Wildman–Crippen MR) is 53.9 cm³/mol. The molecule has 15 heavy (non-hydrogen) atoms. The molecule has 0 radical (unpaired) electrons. The molecule has 0 aromatic heterocycles. The average Bonchev–Trinajstić information content (AvgIpc) is 2.85. The van der Waals surface area contributed by atoms with Gasteiger partial charge in [0.15, 0.2) is 0 Å². The quantitative estimate of drug-likeness (QED) is 0.437. The van der Waals surface area contributed by atoms with Crippen molar-refractivity contribution in [3.8, 4) is 0 Å². The Kier molecular flexibility index (Phi) is 1.24. The third kappa shape index (κ3) is 0.747. The standard InChI is InChI=1S/C13H12O2/c14-12-8-3-4-9(13(12)15)11-7-2-1-6(5-7)10(8)11/h1-4,6-11H,5H2/t6-,7+,8-,9+,10+,11-. The number of carbonyl (C=O) groups is 2. The summed E-state index contributed by atoms with van der Waals surface area (Å²) in [5.41, 5.74) is 0. The molecule has 2 saturated carbocycles. The van der Waals surface area contributed by atoms with Gasteiger partial charge in [0.05, 0.1) is 0 Å². The van der Waals surface area contributed by atoms with Crippen LogP contribution in [0.25, 0.3) is 0 Å². The highest BCUT2D eigenvalue weighted by Crippen LogP contribution is 2.58. The molecule has 0 aromatic carbocycles. The number of Topliss-reactive ketones (excluding diaryl/α,β-unsaturated/α-hetero) is 2. The monoisotopic (exact) mass is 200 g/mol. The predicted octanol–water partition coefficient (Wildman–Crippen LogP) is 1.38. The first-order chi connectivity index (χ1) is 7.27. The van der Waals surface area contributed by atoms with Crippen LogP contribution < -0.4 is 0 Å². The van der Waals surface area contributed by atoms with Crippen LogP contribution in [0.2, 0.25) is 0 Å². The molecule has 5 aliphatic carbocycles. The van der Waals surface area contributed by atoms with E-state index in [1.807, 2.05) is 12.2 Å². The van der Waals surface area contributed by atoms with Gasteiger partial charge in [-0.25, -0.2) is 0 Å². The highest BCUT2D eigenvalue weighted by Gasteiger charge is 2.59. The van der Waals surface area contributed by atoms with Gasteiger partial charge < -0.3 is 0 Å². The van der Waals surface area contributed by atoms with Crippen LogP contribution >= 0.6 is 0 Å². The topological polar surface area (TPSA) is 34.1 Å². The van der Waals surface area contributed by atoms with Crippen molar-refractivity contribution >= 4 is 11.6 Å². The molecule has 0 N–H and O–H groups in total. The van der Waals surface area contributed by atoms with Crippen LogP contribution in [0.15, 0.2) is 24.3 Å². The smallest absolute Gasteiger partial charge is 0.206 e. The summed E-state index contributed by atoms with van der Waals surface area (Å²) in [6, 6.07) is 0. The minimum atomic E-state index is -0.121. The van der Waals surface area contributed by atoms with Crippen LogP contribution in [0.4, 0.5) is 0 Å². The van der Waals surface area contributed by atoms with E-state index in [0.29, 0.717) is 23.7 Å². The van der Waals surface area contributed by atoms with Gasteiger partial charge in [0, 0.05) is 11.8 Å². The van der Waals surface area contributed by atoms with E-state index in [2.05, 4.69) is 12.2 Å². The van der Waals surface area contributed by atoms with E-state index in [1.165, 1.54) is 6.42 Å². The summed E-state index contributed by atoms with van der Waals surface area (Å²) in [4.78, 5) is 23.6. The normalized spacial score (nSPS) is 54.1. The van der Waals surface area contributed by atoms with Crippen LogP contribution in [0.3, 0.4) is 0 Å².